The number of rotatable bonds is 1. The van der Waals surface area contributed by atoms with Crippen LogP contribution in [-0.4, -0.2) is 11.3 Å². The number of para-hydroxylation sites is 1. The molecule has 0 saturated carbocycles. The van der Waals surface area contributed by atoms with E-state index < -0.39 is 0 Å². The van der Waals surface area contributed by atoms with Crippen LogP contribution in [-0.2, 0) is 11.2 Å². The smallest absolute Gasteiger partial charge is 0.261 e. The van der Waals surface area contributed by atoms with Gasteiger partial charge in [0.1, 0.15) is 6.10 Å². The van der Waals surface area contributed by atoms with Gasteiger partial charge in [0, 0.05) is 12.1 Å². The van der Waals surface area contributed by atoms with Gasteiger partial charge in [0.25, 0.3) is 5.17 Å². The first-order chi connectivity index (χ1) is 6.79. The Kier molecular flexibility index (Phi) is 2.68. The first kappa shape index (κ1) is 9.46. The van der Waals surface area contributed by atoms with E-state index in [2.05, 4.69) is 18.3 Å². The molecule has 0 aromatic heterocycles. The predicted molar refractivity (Wildman–Crippen MR) is 61.5 cm³/mol. The standard InChI is InChI=1S/C11H13NOS/c1-2-9-7-8-5-3-4-6-10(8)12-11(14)13-9/h3-6,9H,2,7H2,1H3,(H,12,14). The van der Waals surface area contributed by atoms with Crippen molar-refractivity contribution in [2.24, 2.45) is 0 Å². The molecular formula is C11H13NOS. The molecular weight excluding hydrogens is 194 g/mol. The molecule has 1 unspecified atom stereocenters. The highest BCUT2D eigenvalue weighted by atomic mass is 32.1. The van der Waals surface area contributed by atoms with Crippen molar-refractivity contribution in [1.82, 2.24) is 0 Å². The van der Waals surface area contributed by atoms with E-state index in [9.17, 15) is 0 Å². The normalized spacial score (nSPS) is 20.4. The Labute approximate surface area is 89.3 Å². The third-order valence-electron chi connectivity index (χ3n) is 2.43. The molecule has 2 rings (SSSR count). The average molecular weight is 207 g/mol. The molecule has 0 amide bonds. The van der Waals surface area contributed by atoms with Gasteiger partial charge in [-0.3, -0.25) is 0 Å². The topological polar surface area (TPSA) is 21.3 Å². The van der Waals surface area contributed by atoms with Crippen LogP contribution < -0.4 is 5.32 Å². The van der Waals surface area contributed by atoms with Crippen LogP contribution in [0.25, 0.3) is 0 Å². The monoisotopic (exact) mass is 207 g/mol. The van der Waals surface area contributed by atoms with E-state index in [0.29, 0.717) is 5.17 Å². The van der Waals surface area contributed by atoms with Crippen molar-refractivity contribution in [2.45, 2.75) is 25.9 Å². The first-order valence-electron chi connectivity index (χ1n) is 4.85. The van der Waals surface area contributed by atoms with Crippen LogP contribution in [0.5, 0.6) is 0 Å². The second kappa shape index (κ2) is 3.96. The summed E-state index contributed by atoms with van der Waals surface area (Å²) in [5, 5.41) is 3.58. The highest BCUT2D eigenvalue weighted by molar-refractivity contribution is 7.80. The lowest BCUT2D eigenvalue weighted by molar-refractivity contribution is 0.192. The zero-order valence-electron chi connectivity index (χ0n) is 8.12. The Hall–Kier alpha value is -1.09. The molecule has 1 aromatic rings. The number of thiocarbonyl (C=S) groups is 1. The fourth-order valence-electron chi connectivity index (χ4n) is 1.63. The van der Waals surface area contributed by atoms with Crippen LogP contribution >= 0.6 is 12.2 Å². The van der Waals surface area contributed by atoms with E-state index in [1.54, 1.807) is 0 Å². The third-order valence-corrected chi connectivity index (χ3v) is 2.63. The van der Waals surface area contributed by atoms with Gasteiger partial charge in [0.05, 0.1) is 0 Å². The molecule has 0 radical (unpaired) electrons. The largest absolute Gasteiger partial charge is 0.467 e. The van der Waals surface area contributed by atoms with Crippen LogP contribution in [0.15, 0.2) is 24.3 Å². The van der Waals surface area contributed by atoms with Crippen molar-refractivity contribution in [2.75, 3.05) is 5.32 Å². The first-order valence-corrected chi connectivity index (χ1v) is 5.26. The maximum absolute atomic E-state index is 5.56. The number of hydrogen-bond donors (Lipinski definition) is 1. The van der Waals surface area contributed by atoms with E-state index in [1.165, 1.54) is 5.56 Å². The number of benzene rings is 1. The third kappa shape index (κ3) is 1.87. The van der Waals surface area contributed by atoms with Crippen LogP contribution in [0.2, 0.25) is 0 Å². The lowest BCUT2D eigenvalue weighted by atomic mass is 10.0. The zero-order valence-corrected chi connectivity index (χ0v) is 8.93. The summed E-state index contributed by atoms with van der Waals surface area (Å²) in [6.07, 6.45) is 2.12. The molecule has 1 heterocycles. The Balaban J connectivity index is 2.32. The summed E-state index contributed by atoms with van der Waals surface area (Å²) < 4.78 is 5.56. The second-order valence-electron chi connectivity index (χ2n) is 3.42. The molecule has 0 fully saturated rings. The minimum Gasteiger partial charge on any atom is -0.467 e. The molecule has 3 heteroatoms. The van der Waals surface area contributed by atoms with Crippen molar-refractivity contribution in [1.29, 1.82) is 0 Å². The van der Waals surface area contributed by atoms with Crippen molar-refractivity contribution >= 4 is 23.1 Å². The Morgan fingerprint density at radius 2 is 2.29 bits per heavy atom. The molecule has 1 atom stereocenters. The van der Waals surface area contributed by atoms with Crippen LogP contribution in [0.4, 0.5) is 5.69 Å². The molecule has 74 valence electrons. The van der Waals surface area contributed by atoms with Crippen LogP contribution in [0.1, 0.15) is 18.9 Å². The molecule has 14 heavy (non-hydrogen) atoms. The van der Waals surface area contributed by atoms with Crippen molar-refractivity contribution in [3.63, 3.8) is 0 Å². The molecule has 0 aliphatic carbocycles. The van der Waals surface area contributed by atoms with E-state index in [0.717, 1.165) is 18.5 Å². The van der Waals surface area contributed by atoms with Crippen molar-refractivity contribution < 1.29 is 4.74 Å². The van der Waals surface area contributed by atoms with E-state index >= 15 is 0 Å². The minimum atomic E-state index is 0.207. The Morgan fingerprint density at radius 1 is 1.50 bits per heavy atom. The van der Waals surface area contributed by atoms with Gasteiger partial charge >= 0.3 is 0 Å². The Morgan fingerprint density at radius 3 is 3.07 bits per heavy atom. The number of hydrogen-bond acceptors (Lipinski definition) is 2. The molecule has 0 spiro atoms. The molecule has 1 N–H and O–H groups in total. The summed E-state index contributed by atoms with van der Waals surface area (Å²) in [5.41, 5.74) is 2.35. The predicted octanol–water partition coefficient (Wildman–Crippen LogP) is 2.73. The lowest BCUT2D eigenvalue weighted by Gasteiger charge is -2.12. The summed E-state index contributed by atoms with van der Waals surface area (Å²) in [6.45, 7) is 2.11. The average Bonchev–Trinajstić information content (AvgIpc) is 2.35. The van der Waals surface area contributed by atoms with E-state index in [4.69, 9.17) is 17.0 Å². The summed E-state index contributed by atoms with van der Waals surface area (Å²) in [6, 6.07) is 8.19. The van der Waals surface area contributed by atoms with Gasteiger partial charge in [-0.1, -0.05) is 25.1 Å². The molecule has 1 aliphatic rings. The maximum Gasteiger partial charge on any atom is 0.261 e. The summed E-state index contributed by atoms with van der Waals surface area (Å²) >= 11 is 5.08. The fourth-order valence-corrected chi connectivity index (χ4v) is 1.87. The lowest BCUT2D eigenvalue weighted by Crippen LogP contribution is -2.19. The van der Waals surface area contributed by atoms with Gasteiger partial charge < -0.3 is 10.1 Å². The van der Waals surface area contributed by atoms with Gasteiger partial charge in [0.2, 0.25) is 0 Å². The quantitative estimate of drug-likeness (QED) is 0.715. The van der Waals surface area contributed by atoms with Gasteiger partial charge in [-0.15, -0.1) is 0 Å². The molecule has 2 nitrogen and oxygen atoms in total. The summed E-state index contributed by atoms with van der Waals surface area (Å²) in [7, 11) is 0. The molecule has 1 aromatic carbocycles. The van der Waals surface area contributed by atoms with E-state index in [1.807, 2.05) is 18.2 Å². The second-order valence-corrected chi connectivity index (χ2v) is 3.79. The number of nitrogens with one attached hydrogen (secondary N) is 1. The van der Waals surface area contributed by atoms with Gasteiger partial charge in [-0.2, -0.15) is 0 Å². The number of fused-ring (bicyclic) bond motifs is 1. The highest BCUT2D eigenvalue weighted by Gasteiger charge is 2.17. The minimum absolute atomic E-state index is 0.207. The van der Waals surface area contributed by atoms with Crippen molar-refractivity contribution in [3.05, 3.63) is 29.8 Å². The summed E-state index contributed by atoms with van der Waals surface area (Å²) in [5.74, 6) is 0. The molecule has 0 bridgehead atoms. The molecule has 1 aliphatic heterocycles. The van der Waals surface area contributed by atoms with Gasteiger partial charge in [-0.05, 0) is 30.3 Å². The number of ether oxygens (including phenoxy) is 1. The van der Waals surface area contributed by atoms with Gasteiger partial charge in [0.15, 0.2) is 0 Å². The van der Waals surface area contributed by atoms with Gasteiger partial charge in [-0.25, -0.2) is 0 Å². The SMILES string of the molecule is CCC1Cc2ccccc2NC(=S)O1. The van der Waals surface area contributed by atoms with Crippen molar-refractivity contribution in [3.8, 4) is 0 Å². The van der Waals surface area contributed by atoms with Crippen LogP contribution in [0.3, 0.4) is 0 Å². The zero-order chi connectivity index (χ0) is 9.97. The van der Waals surface area contributed by atoms with Crippen LogP contribution in [0, 0.1) is 0 Å². The summed E-state index contributed by atoms with van der Waals surface area (Å²) in [4.78, 5) is 0. The fraction of sp³-hybridized carbons (Fsp3) is 0.364. The number of anilines is 1. The maximum atomic E-state index is 5.56. The highest BCUT2D eigenvalue weighted by Crippen LogP contribution is 2.22. The molecule has 0 saturated heterocycles. The van der Waals surface area contributed by atoms with E-state index in [-0.39, 0.29) is 6.10 Å². The Bertz CT molecular complexity index is 351.